The average Bonchev–Trinajstić information content (AvgIpc) is 2.32. The predicted molar refractivity (Wildman–Crippen MR) is 63.7 cm³/mol. The molecule has 1 aromatic rings. The van der Waals surface area contributed by atoms with Crippen molar-refractivity contribution in [2.75, 3.05) is 0 Å². The Morgan fingerprint density at radius 1 is 1.46 bits per heavy atom. The maximum absolute atomic E-state index is 6.15. The highest BCUT2D eigenvalue weighted by Crippen LogP contribution is 2.45. The molecular formula is C10H9Br2Cl. The first-order valence-electron chi connectivity index (χ1n) is 4.21. The van der Waals surface area contributed by atoms with E-state index in [0.29, 0.717) is 10.7 Å². The molecule has 2 unspecified atom stereocenters. The summed E-state index contributed by atoms with van der Waals surface area (Å²) >= 11 is 13.3. The lowest BCUT2D eigenvalue weighted by molar-refractivity contribution is 0.623. The summed E-state index contributed by atoms with van der Waals surface area (Å²) < 4.78 is 1.06. The minimum absolute atomic E-state index is 0.456. The van der Waals surface area contributed by atoms with Gasteiger partial charge < -0.3 is 0 Å². The molecule has 0 spiro atoms. The molecule has 3 heteroatoms. The van der Waals surface area contributed by atoms with Crippen LogP contribution in [0, 0.1) is 5.92 Å². The minimum atomic E-state index is 0.456. The summed E-state index contributed by atoms with van der Waals surface area (Å²) in [5, 5.41) is 0.887. The van der Waals surface area contributed by atoms with Gasteiger partial charge in [-0.05, 0) is 35.6 Å². The van der Waals surface area contributed by atoms with Gasteiger partial charge in [0, 0.05) is 14.3 Å². The summed E-state index contributed by atoms with van der Waals surface area (Å²) in [6.45, 7) is 2.24. The molecular weight excluding hydrogens is 315 g/mol. The predicted octanol–water partition coefficient (Wildman–Crippen LogP) is 4.73. The van der Waals surface area contributed by atoms with Crippen molar-refractivity contribution in [2.24, 2.45) is 5.92 Å². The van der Waals surface area contributed by atoms with E-state index in [1.807, 2.05) is 6.07 Å². The lowest BCUT2D eigenvalue weighted by Gasteiger charge is -2.07. The molecule has 2 atom stereocenters. The highest BCUT2D eigenvalue weighted by atomic mass is 79.9. The minimum Gasteiger partial charge on any atom is -0.0840 e. The van der Waals surface area contributed by atoms with E-state index < -0.39 is 0 Å². The van der Waals surface area contributed by atoms with E-state index in [4.69, 9.17) is 11.6 Å². The molecule has 1 aromatic carbocycles. The number of benzene rings is 1. The lowest BCUT2D eigenvalue weighted by Crippen LogP contribution is -1.93. The Hall–Kier alpha value is 0.470. The topological polar surface area (TPSA) is 0 Å². The van der Waals surface area contributed by atoms with Crippen LogP contribution in [0.5, 0.6) is 0 Å². The third-order valence-corrected chi connectivity index (χ3v) is 4.71. The second kappa shape index (κ2) is 3.56. The maximum Gasteiger partial charge on any atom is 0.0452 e. The maximum atomic E-state index is 6.15. The molecule has 0 amide bonds. The first-order chi connectivity index (χ1) is 6.09. The molecule has 70 valence electrons. The van der Waals surface area contributed by atoms with Gasteiger partial charge in [0.25, 0.3) is 0 Å². The third-order valence-electron chi connectivity index (χ3n) is 2.52. The van der Waals surface area contributed by atoms with Crippen molar-refractivity contribution in [3.8, 4) is 0 Å². The second-order valence-electron chi connectivity index (χ2n) is 3.54. The van der Waals surface area contributed by atoms with Crippen molar-refractivity contribution < 1.29 is 0 Å². The molecule has 0 saturated carbocycles. The largest absolute Gasteiger partial charge is 0.0840 e. The first kappa shape index (κ1) is 10.0. The number of fused-ring (bicyclic) bond motifs is 1. The summed E-state index contributed by atoms with van der Waals surface area (Å²) in [5.41, 5.74) is 2.64. The monoisotopic (exact) mass is 322 g/mol. The summed E-state index contributed by atoms with van der Waals surface area (Å²) in [4.78, 5) is 0.456. The van der Waals surface area contributed by atoms with Gasteiger partial charge in [0.2, 0.25) is 0 Å². The van der Waals surface area contributed by atoms with Crippen molar-refractivity contribution >= 4 is 43.5 Å². The third kappa shape index (κ3) is 1.69. The van der Waals surface area contributed by atoms with Gasteiger partial charge in [-0.1, -0.05) is 50.4 Å². The van der Waals surface area contributed by atoms with Crippen LogP contribution in [0.15, 0.2) is 16.6 Å². The van der Waals surface area contributed by atoms with Crippen molar-refractivity contribution in [1.29, 1.82) is 0 Å². The van der Waals surface area contributed by atoms with Crippen LogP contribution < -0.4 is 0 Å². The van der Waals surface area contributed by atoms with E-state index in [1.165, 1.54) is 11.1 Å². The summed E-state index contributed by atoms with van der Waals surface area (Å²) in [6.07, 6.45) is 1.08. The molecule has 0 N–H and O–H groups in total. The van der Waals surface area contributed by atoms with Gasteiger partial charge in [0.05, 0.1) is 0 Å². The smallest absolute Gasteiger partial charge is 0.0452 e. The molecule has 0 nitrogen and oxygen atoms in total. The van der Waals surface area contributed by atoms with Crippen LogP contribution >= 0.6 is 43.5 Å². The Bertz CT molecular complexity index is 349. The molecule has 0 aromatic heterocycles. The number of rotatable bonds is 0. The van der Waals surface area contributed by atoms with E-state index >= 15 is 0 Å². The zero-order chi connectivity index (χ0) is 9.59. The van der Waals surface area contributed by atoms with Crippen LogP contribution in [-0.4, -0.2) is 0 Å². The van der Waals surface area contributed by atoms with Crippen LogP contribution in [0.4, 0.5) is 0 Å². The van der Waals surface area contributed by atoms with E-state index in [0.717, 1.165) is 15.9 Å². The van der Waals surface area contributed by atoms with Crippen LogP contribution in [0.1, 0.15) is 22.9 Å². The molecule has 1 aliphatic rings. The van der Waals surface area contributed by atoms with Gasteiger partial charge in [-0.2, -0.15) is 0 Å². The van der Waals surface area contributed by atoms with Crippen molar-refractivity contribution in [2.45, 2.75) is 18.2 Å². The van der Waals surface area contributed by atoms with Gasteiger partial charge in [0.1, 0.15) is 0 Å². The first-order valence-corrected chi connectivity index (χ1v) is 6.30. The zero-order valence-corrected chi connectivity index (χ0v) is 11.1. The van der Waals surface area contributed by atoms with Gasteiger partial charge in [-0.15, -0.1) is 0 Å². The standard InChI is InChI=1S/C10H9Br2Cl/c1-5-2-7-8(10(5)12)3-6(11)4-9(7)13/h3-5,10H,2H2,1H3. The highest BCUT2D eigenvalue weighted by Gasteiger charge is 2.29. The number of hydrogen-bond donors (Lipinski definition) is 0. The fraction of sp³-hybridized carbons (Fsp3) is 0.400. The van der Waals surface area contributed by atoms with Gasteiger partial charge in [-0.25, -0.2) is 0 Å². The molecule has 13 heavy (non-hydrogen) atoms. The van der Waals surface area contributed by atoms with Gasteiger partial charge in [0.15, 0.2) is 0 Å². The molecule has 1 aliphatic carbocycles. The quantitative estimate of drug-likeness (QED) is 0.605. The summed E-state index contributed by atoms with van der Waals surface area (Å²) in [7, 11) is 0. The Kier molecular flexibility index (Phi) is 2.74. The summed E-state index contributed by atoms with van der Waals surface area (Å²) in [5.74, 6) is 0.641. The Labute approximate surface area is 99.9 Å². The van der Waals surface area contributed by atoms with Crippen LogP contribution in [0.25, 0.3) is 0 Å². The fourth-order valence-corrected chi connectivity index (χ4v) is 3.32. The Morgan fingerprint density at radius 3 is 2.85 bits per heavy atom. The highest BCUT2D eigenvalue weighted by molar-refractivity contribution is 9.10. The molecule has 0 radical (unpaired) electrons. The van der Waals surface area contributed by atoms with E-state index in [9.17, 15) is 0 Å². The van der Waals surface area contributed by atoms with Crippen LogP contribution in [-0.2, 0) is 6.42 Å². The van der Waals surface area contributed by atoms with Crippen molar-refractivity contribution in [3.05, 3.63) is 32.8 Å². The second-order valence-corrected chi connectivity index (χ2v) is 5.85. The average molecular weight is 324 g/mol. The number of alkyl halides is 1. The SMILES string of the molecule is CC1Cc2c(Cl)cc(Br)cc2C1Br. The Morgan fingerprint density at radius 2 is 2.15 bits per heavy atom. The fourth-order valence-electron chi connectivity index (χ4n) is 1.82. The molecule has 0 bridgehead atoms. The van der Waals surface area contributed by atoms with Crippen LogP contribution in [0.3, 0.4) is 0 Å². The molecule has 2 rings (SSSR count). The van der Waals surface area contributed by atoms with Crippen molar-refractivity contribution in [3.63, 3.8) is 0 Å². The number of hydrogen-bond acceptors (Lipinski definition) is 0. The molecule has 0 fully saturated rings. The van der Waals surface area contributed by atoms with E-state index in [-0.39, 0.29) is 0 Å². The van der Waals surface area contributed by atoms with Crippen molar-refractivity contribution in [1.82, 2.24) is 0 Å². The van der Waals surface area contributed by atoms with Gasteiger partial charge >= 0.3 is 0 Å². The number of halogens is 3. The normalized spacial score (nSPS) is 26.2. The summed E-state index contributed by atoms with van der Waals surface area (Å²) in [6, 6.07) is 4.13. The van der Waals surface area contributed by atoms with E-state index in [1.54, 1.807) is 0 Å². The molecule has 0 saturated heterocycles. The van der Waals surface area contributed by atoms with Gasteiger partial charge in [-0.3, -0.25) is 0 Å². The van der Waals surface area contributed by atoms with Crippen LogP contribution in [0.2, 0.25) is 5.02 Å². The zero-order valence-electron chi connectivity index (χ0n) is 7.15. The molecule has 0 heterocycles. The molecule has 0 aliphatic heterocycles. The lowest BCUT2D eigenvalue weighted by atomic mass is 10.1. The van der Waals surface area contributed by atoms with E-state index in [2.05, 4.69) is 44.8 Å². The Balaban J connectivity index is 2.57.